The van der Waals surface area contributed by atoms with Crippen LogP contribution in [0.3, 0.4) is 0 Å². The van der Waals surface area contributed by atoms with E-state index in [9.17, 15) is 0 Å². The minimum atomic E-state index is 0.678. The highest BCUT2D eigenvalue weighted by atomic mass is 16.5. The molecule has 1 heterocycles. The summed E-state index contributed by atoms with van der Waals surface area (Å²) in [5.41, 5.74) is 1.18. The highest BCUT2D eigenvalue weighted by Gasteiger charge is 1.98. The number of ether oxygens (including phenoxy) is 1. The molecule has 0 spiro atoms. The van der Waals surface area contributed by atoms with Crippen LogP contribution in [0.25, 0.3) is 0 Å². The van der Waals surface area contributed by atoms with Crippen LogP contribution in [0, 0.1) is 0 Å². The number of aromatic nitrogens is 1. The molecule has 0 saturated carbocycles. The van der Waals surface area contributed by atoms with Crippen molar-refractivity contribution < 1.29 is 9.15 Å². The molecule has 4 nitrogen and oxygen atoms in total. The summed E-state index contributed by atoms with van der Waals surface area (Å²) in [5.74, 6) is 1.71. The fourth-order valence-electron chi connectivity index (χ4n) is 1.44. The van der Waals surface area contributed by atoms with Crippen molar-refractivity contribution in [3.63, 3.8) is 0 Å². The van der Waals surface area contributed by atoms with E-state index in [0.717, 1.165) is 18.1 Å². The van der Waals surface area contributed by atoms with Crippen molar-refractivity contribution in [1.29, 1.82) is 0 Å². The third-order valence-electron chi connectivity index (χ3n) is 2.25. The smallest absolute Gasteiger partial charge is 0.180 e. The molecule has 0 aliphatic heterocycles. The molecular weight excluding hydrogens is 204 g/mol. The van der Waals surface area contributed by atoms with Crippen molar-refractivity contribution in [2.75, 3.05) is 7.11 Å². The molecule has 0 radical (unpaired) electrons. The summed E-state index contributed by atoms with van der Waals surface area (Å²) in [7, 11) is 1.67. The molecule has 2 aromatic rings. The second-order valence-electron chi connectivity index (χ2n) is 3.42. The quantitative estimate of drug-likeness (QED) is 0.833. The van der Waals surface area contributed by atoms with Gasteiger partial charge in [-0.2, -0.15) is 0 Å². The lowest BCUT2D eigenvalue weighted by molar-refractivity contribution is 0.414. The second-order valence-corrected chi connectivity index (χ2v) is 3.42. The third kappa shape index (κ3) is 2.84. The van der Waals surface area contributed by atoms with E-state index < -0.39 is 0 Å². The lowest BCUT2D eigenvalue weighted by atomic mass is 10.2. The van der Waals surface area contributed by atoms with Crippen molar-refractivity contribution in [3.05, 3.63) is 48.2 Å². The SMILES string of the molecule is COc1cccc(CNCc2cnco2)c1. The molecule has 0 fully saturated rings. The standard InChI is InChI=1S/C12H14N2O2/c1-15-11-4-2-3-10(5-11)6-13-7-12-8-14-9-16-12/h2-5,8-9,13H,6-7H2,1H3. The van der Waals surface area contributed by atoms with Gasteiger partial charge in [0, 0.05) is 6.54 Å². The molecular formula is C12H14N2O2. The second kappa shape index (κ2) is 5.32. The Labute approximate surface area is 94.3 Å². The zero-order valence-corrected chi connectivity index (χ0v) is 9.14. The van der Waals surface area contributed by atoms with Crippen molar-refractivity contribution in [2.45, 2.75) is 13.1 Å². The zero-order chi connectivity index (χ0) is 11.2. The average Bonchev–Trinajstić information content (AvgIpc) is 2.82. The van der Waals surface area contributed by atoms with Crippen LogP contribution in [-0.4, -0.2) is 12.1 Å². The predicted octanol–water partition coefficient (Wildman–Crippen LogP) is 1.97. The highest BCUT2D eigenvalue weighted by molar-refractivity contribution is 5.28. The van der Waals surface area contributed by atoms with E-state index in [1.165, 1.54) is 12.0 Å². The first kappa shape index (κ1) is 10.7. The van der Waals surface area contributed by atoms with Crippen molar-refractivity contribution in [3.8, 4) is 5.75 Å². The minimum Gasteiger partial charge on any atom is -0.497 e. The Balaban J connectivity index is 1.85. The summed E-state index contributed by atoms with van der Waals surface area (Å²) in [4.78, 5) is 3.85. The van der Waals surface area contributed by atoms with E-state index in [1.54, 1.807) is 13.3 Å². The first-order valence-electron chi connectivity index (χ1n) is 5.09. The molecule has 1 aromatic carbocycles. The number of nitrogens with one attached hydrogen (secondary N) is 1. The fraction of sp³-hybridized carbons (Fsp3) is 0.250. The van der Waals surface area contributed by atoms with Crippen LogP contribution in [-0.2, 0) is 13.1 Å². The normalized spacial score (nSPS) is 10.3. The molecule has 0 bridgehead atoms. The number of benzene rings is 1. The topological polar surface area (TPSA) is 47.3 Å². The maximum atomic E-state index is 5.15. The fourth-order valence-corrected chi connectivity index (χ4v) is 1.44. The summed E-state index contributed by atoms with van der Waals surface area (Å²) in [6, 6.07) is 7.97. The number of hydrogen-bond donors (Lipinski definition) is 1. The Morgan fingerprint density at radius 1 is 1.38 bits per heavy atom. The van der Waals surface area contributed by atoms with E-state index in [4.69, 9.17) is 9.15 Å². The summed E-state index contributed by atoms with van der Waals surface area (Å²) < 4.78 is 10.3. The van der Waals surface area contributed by atoms with Gasteiger partial charge in [0.2, 0.25) is 0 Å². The monoisotopic (exact) mass is 218 g/mol. The molecule has 0 aliphatic rings. The van der Waals surface area contributed by atoms with Crippen LogP contribution < -0.4 is 10.1 Å². The van der Waals surface area contributed by atoms with Crippen molar-refractivity contribution in [2.24, 2.45) is 0 Å². The van der Waals surface area contributed by atoms with E-state index in [0.29, 0.717) is 6.54 Å². The highest BCUT2D eigenvalue weighted by Crippen LogP contribution is 2.12. The van der Waals surface area contributed by atoms with Gasteiger partial charge in [0.1, 0.15) is 11.5 Å². The number of oxazole rings is 1. The van der Waals surface area contributed by atoms with Gasteiger partial charge in [-0.25, -0.2) is 4.98 Å². The molecule has 1 aromatic heterocycles. The van der Waals surface area contributed by atoms with Crippen molar-refractivity contribution >= 4 is 0 Å². The Morgan fingerprint density at radius 3 is 3.06 bits per heavy atom. The van der Waals surface area contributed by atoms with Crippen LogP contribution in [0.4, 0.5) is 0 Å². The maximum absolute atomic E-state index is 5.15. The number of methoxy groups -OCH3 is 1. The molecule has 0 saturated heterocycles. The first-order chi connectivity index (χ1) is 7.88. The average molecular weight is 218 g/mol. The molecule has 16 heavy (non-hydrogen) atoms. The first-order valence-corrected chi connectivity index (χ1v) is 5.09. The van der Waals surface area contributed by atoms with Gasteiger partial charge in [-0.05, 0) is 17.7 Å². The summed E-state index contributed by atoms with van der Waals surface area (Å²) in [6.45, 7) is 1.45. The Hall–Kier alpha value is -1.81. The van der Waals surface area contributed by atoms with Gasteiger partial charge in [-0.1, -0.05) is 12.1 Å². The molecule has 1 N–H and O–H groups in total. The maximum Gasteiger partial charge on any atom is 0.180 e. The van der Waals surface area contributed by atoms with Gasteiger partial charge in [0.15, 0.2) is 6.39 Å². The van der Waals surface area contributed by atoms with Gasteiger partial charge in [-0.15, -0.1) is 0 Å². The van der Waals surface area contributed by atoms with E-state index in [1.807, 2.05) is 18.2 Å². The third-order valence-corrected chi connectivity index (χ3v) is 2.25. The van der Waals surface area contributed by atoms with Crippen molar-refractivity contribution in [1.82, 2.24) is 10.3 Å². The number of nitrogens with zero attached hydrogens (tertiary/aromatic N) is 1. The Morgan fingerprint density at radius 2 is 2.31 bits per heavy atom. The lowest BCUT2D eigenvalue weighted by Crippen LogP contribution is -2.12. The predicted molar refractivity (Wildman–Crippen MR) is 60.0 cm³/mol. The Kier molecular flexibility index (Phi) is 3.56. The van der Waals surface area contributed by atoms with Gasteiger partial charge >= 0.3 is 0 Å². The molecule has 4 heteroatoms. The Bertz CT molecular complexity index is 426. The van der Waals surface area contributed by atoms with Gasteiger partial charge in [-0.3, -0.25) is 0 Å². The van der Waals surface area contributed by atoms with Crippen LogP contribution in [0.15, 0.2) is 41.3 Å². The zero-order valence-electron chi connectivity index (χ0n) is 9.14. The van der Waals surface area contributed by atoms with E-state index in [2.05, 4.69) is 16.4 Å². The molecule has 0 atom stereocenters. The van der Waals surface area contributed by atoms with Gasteiger partial charge in [0.25, 0.3) is 0 Å². The van der Waals surface area contributed by atoms with Gasteiger partial charge < -0.3 is 14.5 Å². The van der Waals surface area contributed by atoms with Crippen LogP contribution >= 0.6 is 0 Å². The summed E-state index contributed by atoms with van der Waals surface area (Å²) >= 11 is 0. The van der Waals surface area contributed by atoms with Gasteiger partial charge in [0.05, 0.1) is 19.9 Å². The number of rotatable bonds is 5. The molecule has 84 valence electrons. The van der Waals surface area contributed by atoms with E-state index >= 15 is 0 Å². The lowest BCUT2D eigenvalue weighted by Gasteiger charge is -2.05. The largest absolute Gasteiger partial charge is 0.497 e. The molecule has 2 rings (SSSR count). The summed E-state index contributed by atoms with van der Waals surface area (Å²) in [6.07, 6.45) is 3.14. The van der Waals surface area contributed by atoms with Crippen LogP contribution in [0.1, 0.15) is 11.3 Å². The minimum absolute atomic E-state index is 0.678. The van der Waals surface area contributed by atoms with E-state index in [-0.39, 0.29) is 0 Å². The molecule has 0 aliphatic carbocycles. The van der Waals surface area contributed by atoms with Crippen LogP contribution in [0.2, 0.25) is 0 Å². The summed E-state index contributed by atoms with van der Waals surface area (Å²) in [5, 5.41) is 3.27. The number of hydrogen-bond acceptors (Lipinski definition) is 4. The molecule has 0 unspecified atom stereocenters. The van der Waals surface area contributed by atoms with Crippen LogP contribution in [0.5, 0.6) is 5.75 Å². The molecule has 0 amide bonds.